The molecule has 0 atom stereocenters. The van der Waals surface area contributed by atoms with Crippen LogP contribution in [0.3, 0.4) is 0 Å². The fourth-order valence-corrected chi connectivity index (χ4v) is 3.62. The summed E-state index contributed by atoms with van der Waals surface area (Å²) in [5.41, 5.74) is 1.17. The van der Waals surface area contributed by atoms with Crippen molar-refractivity contribution in [2.75, 3.05) is 18.2 Å². The Morgan fingerprint density at radius 2 is 1.94 bits per heavy atom. The molecule has 0 saturated carbocycles. The lowest BCUT2D eigenvalue weighted by Crippen LogP contribution is -2.14. The monoisotopic (exact) mass is 450 g/mol. The van der Waals surface area contributed by atoms with Crippen molar-refractivity contribution in [1.29, 1.82) is 0 Å². The highest BCUT2D eigenvalue weighted by Crippen LogP contribution is 2.36. The fraction of sp³-hybridized carbons (Fsp3) is 0.273. The van der Waals surface area contributed by atoms with Crippen LogP contribution in [0.4, 0.5) is 19.1 Å². The average Bonchev–Trinajstić information content (AvgIpc) is 3.14. The van der Waals surface area contributed by atoms with Crippen molar-refractivity contribution in [1.82, 2.24) is 5.16 Å². The first kappa shape index (κ1) is 22.9. The SMILES string of the molecule is CCc1ccc(SCC(=O)Nc2onc(COC)c2-c2cccc(C(F)(F)F)c2)cc1. The zero-order chi connectivity index (χ0) is 22.4. The van der Waals surface area contributed by atoms with Crippen LogP contribution in [0.2, 0.25) is 0 Å². The maximum absolute atomic E-state index is 13.1. The highest BCUT2D eigenvalue weighted by Gasteiger charge is 2.31. The number of alkyl halides is 3. The van der Waals surface area contributed by atoms with E-state index in [1.165, 1.54) is 36.6 Å². The Morgan fingerprint density at radius 3 is 2.58 bits per heavy atom. The van der Waals surface area contributed by atoms with Crippen LogP contribution in [0.1, 0.15) is 23.7 Å². The van der Waals surface area contributed by atoms with Crippen molar-refractivity contribution in [2.24, 2.45) is 0 Å². The Morgan fingerprint density at radius 1 is 1.19 bits per heavy atom. The molecule has 0 aliphatic rings. The van der Waals surface area contributed by atoms with Gasteiger partial charge in [-0.25, -0.2) is 0 Å². The van der Waals surface area contributed by atoms with Gasteiger partial charge in [0.05, 0.1) is 23.5 Å². The standard InChI is InChI=1S/C22H21F3N2O3S/c1-3-14-7-9-17(10-8-14)31-13-19(28)26-21-20(18(12-29-2)27-30-21)15-5-4-6-16(11-15)22(23,24)25/h4-11H,3,12-13H2,1-2H3,(H,26,28). The lowest BCUT2D eigenvalue weighted by molar-refractivity contribution is -0.137. The minimum Gasteiger partial charge on any atom is -0.378 e. The molecular weight excluding hydrogens is 429 g/mol. The van der Waals surface area contributed by atoms with Crippen molar-refractivity contribution in [2.45, 2.75) is 31.0 Å². The molecule has 5 nitrogen and oxygen atoms in total. The van der Waals surface area contributed by atoms with Crippen LogP contribution < -0.4 is 5.32 Å². The topological polar surface area (TPSA) is 64.4 Å². The summed E-state index contributed by atoms with van der Waals surface area (Å²) in [7, 11) is 1.43. The van der Waals surface area contributed by atoms with Gasteiger partial charge in [-0.1, -0.05) is 36.3 Å². The van der Waals surface area contributed by atoms with Crippen LogP contribution in [-0.4, -0.2) is 23.9 Å². The Labute approximate surface area is 182 Å². The van der Waals surface area contributed by atoms with Gasteiger partial charge in [-0.2, -0.15) is 13.2 Å². The molecule has 3 aromatic rings. The van der Waals surface area contributed by atoms with E-state index in [1.807, 2.05) is 24.3 Å². The number of hydrogen-bond acceptors (Lipinski definition) is 5. The van der Waals surface area contributed by atoms with Crippen LogP contribution in [-0.2, 0) is 28.7 Å². The van der Waals surface area contributed by atoms with Crippen molar-refractivity contribution in [3.8, 4) is 11.1 Å². The molecule has 0 unspecified atom stereocenters. The first-order chi connectivity index (χ1) is 14.8. The number of halogens is 3. The smallest absolute Gasteiger partial charge is 0.378 e. The molecule has 1 N–H and O–H groups in total. The molecule has 0 aliphatic carbocycles. The molecule has 31 heavy (non-hydrogen) atoms. The number of methoxy groups -OCH3 is 1. The predicted octanol–water partition coefficient (Wildman–Crippen LogP) is 5.80. The van der Waals surface area contributed by atoms with Gasteiger partial charge in [0.2, 0.25) is 11.8 Å². The first-order valence-electron chi connectivity index (χ1n) is 9.48. The Bertz CT molecular complexity index is 1030. The Kier molecular flexibility index (Phi) is 7.40. The van der Waals surface area contributed by atoms with Gasteiger partial charge in [0, 0.05) is 12.0 Å². The third-order valence-corrected chi connectivity index (χ3v) is 5.49. The van der Waals surface area contributed by atoms with Crippen LogP contribution in [0.5, 0.6) is 0 Å². The Hall–Kier alpha value is -2.78. The second-order valence-corrected chi connectivity index (χ2v) is 7.73. The average molecular weight is 450 g/mol. The highest BCUT2D eigenvalue weighted by molar-refractivity contribution is 8.00. The van der Waals surface area contributed by atoms with Crippen LogP contribution in [0.15, 0.2) is 57.9 Å². The number of nitrogens with one attached hydrogen (secondary N) is 1. The molecule has 1 aromatic heterocycles. The molecule has 0 radical (unpaired) electrons. The van der Waals surface area contributed by atoms with Gasteiger partial charge in [0.15, 0.2) is 0 Å². The third-order valence-electron chi connectivity index (χ3n) is 4.48. The number of hydrogen-bond donors (Lipinski definition) is 1. The number of anilines is 1. The highest BCUT2D eigenvalue weighted by atomic mass is 32.2. The lowest BCUT2D eigenvalue weighted by atomic mass is 10.0. The minimum absolute atomic E-state index is 0.0155. The summed E-state index contributed by atoms with van der Waals surface area (Å²) in [6.45, 7) is 2.08. The maximum atomic E-state index is 13.1. The molecule has 2 aromatic carbocycles. The molecule has 1 amide bonds. The lowest BCUT2D eigenvalue weighted by Gasteiger charge is -2.10. The molecule has 3 rings (SSSR count). The number of aromatic nitrogens is 1. The summed E-state index contributed by atoms with van der Waals surface area (Å²) in [5.74, 6) is -0.274. The van der Waals surface area contributed by atoms with E-state index in [9.17, 15) is 18.0 Å². The molecule has 0 bridgehead atoms. The van der Waals surface area contributed by atoms with E-state index in [0.717, 1.165) is 23.4 Å². The van der Waals surface area contributed by atoms with Crippen LogP contribution in [0.25, 0.3) is 11.1 Å². The normalized spacial score (nSPS) is 11.5. The van der Waals surface area contributed by atoms with E-state index >= 15 is 0 Å². The fourth-order valence-electron chi connectivity index (χ4n) is 2.93. The molecular formula is C22H21F3N2O3S. The van der Waals surface area contributed by atoms with Gasteiger partial charge in [-0.15, -0.1) is 11.8 Å². The quantitative estimate of drug-likeness (QED) is 0.440. The zero-order valence-electron chi connectivity index (χ0n) is 17.0. The number of carbonyl (C=O) groups excluding carboxylic acids is 1. The van der Waals surface area contributed by atoms with Crippen molar-refractivity contribution < 1.29 is 27.2 Å². The van der Waals surface area contributed by atoms with E-state index in [0.29, 0.717) is 5.69 Å². The van der Waals surface area contributed by atoms with Crippen LogP contribution in [0, 0.1) is 0 Å². The molecule has 0 spiro atoms. The number of thioether (sulfide) groups is 1. The van der Waals surface area contributed by atoms with E-state index < -0.39 is 11.7 Å². The number of amides is 1. The van der Waals surface area contributed by atoms with Gasteiger partial charge < -0.3 is 9.26 Å². The largest absolute Gasteiger partial charge is 0.416 e. The maximum Gasteiger partial charge on any atom is 0.416 e. The molecule has 164 valence electrons. The molecule has 9 heteroatoms. The first-order valence-corrected chi connectivity index (χ1v) is 10.5. The van der Waals surface area contributed by atoms with E-state index in [2.05, 4.69) is 17.4 Å². The van der Waals surface area contributed by atoms with Gasteiger partial charge in [0.25, 0.3) is 0 Å². The van der Waals surface area contributed by atoms with Gasteiger partial charge in [-0.3, -0.25) is 10.1 Å². The molecule has 0 fully saturated rings. The number of carbonyl (C=O) groups is 1. The minimum atomic E-state index is -4.50. The third kappa shape index (κ3) is 5.89. The zero-order valence-corrected chi connectivity index (χ0v) is 17.8. The summed E-state index contributed by atoms with van der Waals surface area (Å²) < 4.78 is 49.7. The number of ether oxygens (including phenoxy) is 1. The second kappa shape index (κ2) is 10.0. The Balaban J connectivity index is 1.79. The summed E-state index contributed by atoms with van der Waals surface area (Å²) in [4.78, 5) is 13.4. The summed E-state index contributed by atoms with van der Waals surface area (Å²) >= 11 is 1.34. The van der Waals surface area contributed by atoms with Gasteiger partial charge in [0.1, 0.15) is 5.69 Å². The van der Waals surface area contributed by atoms with Gasteiger partial charge >= 0.3 is 6.18 Å². The molecule has 1 heterocycles. The summed E-state index contributed by atoms with van der Waals surface area (Å²) in [6.07, 6.45) is -3.57. The van der Waals surface area contributed by atoms with E-state index in [1.54, 1.807) is 0 Å². The predicted molar refractivity (Wildman–Crippen MR) is 113 cm³/mol. The van der Waals surface area contributed by atoms with E-state index in [4.69, 9.17) is 9.26 Å². The van der Waals surface area contributed by atoms with E-state index in [-0.39, 0.29) is 35.3 Å². The van der Waals surface area contributed by atoms with Crippen molar-refractivity contribution in [3.05, 3.63) is 65.4 Å². The van der Waals surface area contributed by atoms with Crippen molar-refractivity contribution in [3.63, 3.8) is 0 Å². The summed E-state index contributed by atoms with van der Waals surface area (Å²) in [5, 5.41) is 6.47. The second-order valence-electron chi connectivity index (χ2n) is 6.68. The summed E-state index contributed by atoms with van der Waals surface area (Å²) in [6, 6.07) is 12.6. The van der Waals surface area contributed by atoms with Crippen LogP contribution >= 0.6 is 11.8 Å². The number of nitrogens with zero attached hydrogens (tertiary/aromatic N) is 1. The molecule has 0 aliphatic heterocycles. The van der Waals surface area contributed by atoms with Gasteiger partial charge in [-0.05, 0) is 41.8 Å². The molecule has 0 saturated heterocycles. The van der Waals surface area contributed by atoms with Crippen molar-refractivity contribution >= 4 is 23.6 Å². The number of aryl methyl sites for hydroxylation is 1. The number of rotatable bonds is 8. The number of benzene rings is 2.